The zero-order chi connectivity index (χ0) is 13.7. The normalized spacial score (nSPS) is 20.4. The zero-order valence-corrected chi connectivity index (χ0v) is 11.5. The van der Waals surface area contributed by atoms with Crippen molar-refractivity contribution in [1.82, 2.24) is 4.90 Å². The lowest BCUT2D eigenvalue weighted by molar-refractivity contribution is -0.119. The number of nitrogens with zero attached hydrogens (tertiary/aromatic N) is 1. The fourth-order valence-electron chi connectivity index (χ4n) is 2.73. The van der Waals surface area contributed by atoms with Gasteiger partial charge in [0.05, 0.1) is 0 Å². The van der Waals surface area contributed by atoms with Crippen molar-refractivity contribution in [2.45, 2.75) is 37.8 Å². The molecule has 0 fully saturated rings. The Balaban J connectivity index is 2.19. The summed E-state index contributed by atoms with van der Waals surface area (Å²) in [4.78, 5) is 13.6. The summed E-state index contributed by atoms with van der Waals surface area (Å²) in [5, 5.41) is 0. The smallest absolute Gasteiger partial charge is 0.219 e. The Morgan fingerprint density at radius 1 is 1.42 bits per heavy atom. The fourth-order valence-corrected chi connectivity index (χ4v) is 2.73. The summed E-state index contributed by atoms with van der Waals surface area (Å²) in [7, 11) is 2.08. The molecule has 0 radical (unpaired) electrons. The van der Waals surface area contributed by atoms with E-state index in [1.807, 2.05) is 18.2 Å². The number of rotatable bonds is 5. The molecule has 0 aromatic heterocycles. The fraction of sp³-hybridized carbons (Fsp3) is 0.438. The van der Waals surface area contributed by atoms with Gasteiger partial charge < -0.3 is 5.73 Å². The molecule has 0 heterocycles. The first-order chi connectivity index (χ1) is 9.18. The maximum absolute atomic E-state index is 11.3. The average Bonchev–Trinajstić information content (AvgIpc) is 2.46. The van der Waals surface area contributed by atoms with Gasteiger partial charge in [0.1, 0.15) is 0 Å². The van der Waals surface area contributed by atoms with Gasteiger partial charge in [-0.25, -0.2) is 0 Å². The minimum absolute atomic E-state index is 0.0615. The summed E-state index contributed by atoms with van der Waals surface area (Å²) in [6, 6.07) is 10.6. The predicted molar refractivity (Wildman–Crippen MR) is 77.5 cm³/mol. The minimum atomic E-state index is -0.250. The van der Waals surface area contributed by atoms with Gasteiger partial charge in [-0.05, 0) is 31.9 Å². The van der Waals surface area contributed by atoms with Gasteiger partial charge in [-0.1, -0.05) is 42.5 Å². The molecule has 102 valence electrons. The first-order valence-electron chi connectivity index (χ1n) is 6.90. The van der Waals surface area contributed by atoms with E-state index in [0.29, 0.717) is 12.5 Å². The van der Waals surface area contributed by atoms with Crippen LogP contribution < -0.4 is 5.73 Å². The molecule has 1 amide bonds. The van der Waals surface area contributed by atoms with E-state index in [0.717, 1.165) is 18.4 Å². The second-order valence-electron chi connectivity index (χ2n) is 5.19. The second kappa shape index (κ2) is 6.53. The topological polar surface area (TPSA) is 46.3 Å². The summed E-state index contributed by atoms with van der Waals surface area (Å²) in [5.41, 5.74) is 6.57. The molecule has 0 bridgehead atoms. The highest BCUT2D eigenvalue weighted by molar-refractivity contribution is 5.74. The van der Waals surface area contributed by atoms with Crippen LogP contribution in [-0.2, 0) is 4.79 Å². The van der Waals surface area contributed by atoms with Crippen molar-refractivity contribution >= 4 is 5.91 Å². The molecule has 3 nitrogen and oxygen atoms in total. The van der Waals surface area contributed by atoms with Crippen molar-refractivity contribution in [3.63, 3.8) is 0 Å². The molecule has 0 saturated carbocycles. The van der Waals surface area contributed by atoms with Crippen LogP contribution in [0, 0.1) is 0 Å². The van der Waals surface area contributed by atoms with Crippen LogP contribution in [0.3, 0.4) is 0 Å². The Morgan fingerprint density at radius 2 is 2.16 bits per heavy atom. The minimum Gasteiger partial charge on any atom is -0.370 e. The number of primary amides is 1. The summed E-state index contributed by atoms with van der Waals surface area (Å²) in [6.07, 6.45) is 8.37. The van der Waals surface area contributed by atoms with Gasteiger partial charge in [-0.15, -0.1) is 0 Å². The molecule has 0 spiro atoms. The molecular formula is C16H22N2O. The van der Waals surface area contributed by atoms with Gasteiger partial charge in [-0.3, -0.25) is 9.69 Å². The van der Waals surface area contributed by atoms with Gasteiger partial charge in [0, 0.05) is 18.5 Å². The van der Waals surface area contributed by atoms with Crippen molar-refractivity contribution in [3.05, 3.63) is 48.0 Å². The summed E-state index contributed by atoms with van der Waals surface area (Å²) >= 11 is 0. The van der Waals surface area contributed by atoms with Crippen molar-refractivity contribution in [3.8, 4) is 0 Å². The van der Waals surface area contributed by atoms with Crippen LogP contribution >= 0.6 is 0 Å². The molecule has 2 atom stereocenters. The summed E-state index contributed by atoms with van der Waals surface area (Å²) in [5.74, 6) is -0.250. The van der Waals surface area contributed by atoms with Gasteiger partial charge in [0.2, 0.25) is 5.91 Å². The molecular weight excluding hydrogens is 236 g/mol. The van der Waals surface area contributed by atoms with Crippen LogP contribution in [-0.4, -0.2) is 23.9 Å². The molecule has 3 heteroatoms. The third kappa shape index (κ3) is 3.67. The molecule has 0 aliphatic heterocycles. The van der Waals surface area contributed by atoms with Crippen molar-refractivity contribution in [2.24, 2.45) is 5.73 Å². The highest BCUT2D eigenvalue weighted by Gasteiger charge is 2.24. The molecule has 0 saturated heterocycles. The SMILES string of the molecule is CN([C@@H]1C=CCCC1)[C@@H](CC(N)=O)c1ccccc1. The Bertz CT molecular complexity index is 441. The van der Waals surface area contributed by atoms with Gasteiger partial charge in [-0.2, -0.15) is 0 Å². The van der Waals surface area contributed by atoms with Gasteiger partial charge in [0.15, 0.2) is 0 Å². The first-order valence-corrected chi connectivity index (χ1v) is 6.90. The van der Waals surface area contributed by atoms with E-state index in [2.05, 4.69) is 36.2 Å². The van der Waals surface area contributed by atoms with Crippen molar-refractivity contribution in [2.75, 3.05) is 7.05 Å². The van der Waals surface area contributed by atoms with E-state index >= 15 is 0 Å². The van der Waals surface area contributed by atoms with E-state index in [9.17, 15) is 4.79 Å². The van der Waals surface area contributed by atoms with Gasteiger partial charge in [0.25, 0.3) is 0 Å². The quantitative estimate of drug-likeness (QED) is 0.825. The molecule has 0 unspecified atom stereocenters. The lowest BCUT2D eigenvalue weighted by Crippen LogP contribution is -2.36. The number of carbonyl (C=O) groups is 1. The number of nitrogens with two attached hydrogens (primary N) is 1. The third-order valence-electron chi connectivity index (χ3n) is 3.82. The van der Waals surface area contributed by atoms with Crippen LogP contribution in [0.15, 0.2) is 42.5 Å². The average molecular weight is 258 g/mol. The maximum Gasteiger partial charge on any atom is 0.219 e. The maximum atomic E-state index is 11.3. The Hall–Kier alpha value is -1.61. The van der Waals surface area contributed by atoms with Crippen LogP contribution in [0.25, 0.3) is 0 Å². The highest BCUT2D eigenvalue weighted by atomic mass is 16.1. The van der Waals surface area contributed by atoms with Crippen LogP contribution in [0.5, 0.6) is 0 Å². The zero-order valence-electron chi connectivity index (χ0n) is 11.5. The predicted octanol–water partition coefficient (Wildman–Crippen LogP) is 2.64. The number of hydrogen-bond acceptors (Lipinski definition) is 2. The highest BCUT2D eigenvalue weighted by Crippen LogP contribution is 2.28. The number of benzene rings is 1. The van der Waals surface area contributed by atoms with E-state index in [-0.39, 0.29) is 11.9 Å². The number of allylic oxidation sites excluding steroid dienone is 1. The van der Waals surface area contributed by atoms with E-state index < -0.39 is 0 Å². The summed E-state index contributed by atoms with van der Waals surface area (Å²) in [6.45, 7) is 0. The van der Waals surface area contributed by atoms with Crippen molar-refractivity contribution < 1.29 is 4.79 Å². The molecule has 2 rings (SSSR count). The Morgan fingerprint density at radius 3 is 2.74 bits per heavy atom. The van der Waals surface area contributed by atoms with Crippen LogP contribution in [0.2, 0.25) is 0 Å². The molecule has 1 aliphatic rings. The lowest BCUT2D eigenvalue weighted by atomic mass is 9.96. The van der Waals surface area contributed by atoms with Gasteiger partial charge >= 0.3 is 0 Å². The Kier molecular flexibility index (Phi) is 4.74. The third-order valence-corrected chi connectivity index (χ3v) is 3.82. The standard InChI is InChI=1S/C16H22N2O/c1-18(14-10-6-3-7-11-14)15(12-16(17)19)13-8-4-2-5-9-13/h2,4-6,8-10,14-15H,3,7,11-12H2,1H3,(H2,17,19)/t14-,15+/m1/s1. The van der Waals surface area contributed by atoms with E-state index in [1.54, 1.807) is 0 Å². The summed E-state index contributed by atoms with van der Waals surface area (Å²) < 4.78 is 0. The second-order valence-corrected chi connectivity index (χ2v) is 5.19. The van der Waals surface area contributed by atoms with Crippen LogP contribution in [0.1, 0.15) is 37.3 Å². The monoisotopic (exact) mass is 258 g/mol. The number of carbonyl (C=O) groups excluding carboxylic acids is 1. The number of likely N-dealkylation sites (N-methyl/N-ethyl adjacent to an activating group) is 1. The first kappa shape index (κ1) is 13.8. The number of amides is 1. The molecule has 2 N–H and O–H groups in total. The van der Waals surface area contributed by atoms with E-state index in [1.165, 1.54) is 6.42 Å². The molecule has 1 aromatic carbocycles. The largest absolute Gasteiger partial charge is 0.370 e. The molecule has 1 aliphatic carbocycles. The lowest BCUT2D eigenvalue weighted by Gasteiger charge is -2.34. The van der Waals surface area contributed by atoms with E-state index in [4.69, 9.17) is 5.73 Å². The van der Waals surface area contributed by atoms with Crippen molar-refractivity contribution in [1.29, 1.82) is 0 Å². The van der Waals surface area contributed by atoms with Crippen LogP contribution in [0.4, 0.5) is 0 Å². The number of hydrogen-bond donors (Lipinski definition) is 1. The molecule has 1 aromatic rings. The Labute approximate surface area is 115 Å². The molecule has 19 heavy (non-hydrogen) atoms.